The molecule has 2 aromatic carbocycles. The highest BCUT2D eigenvalue weighted by Crippen LogP contribution is 2.37. The second-order valence-corrected chi connectivity index (χ2v) is 4.84. The normalized spacial score (nSPS) is 13.6. The van der Waals surface area contributed by atoms with Gasteiger partial charge in [0.1, 0.15) is 12.4 Å². The van der Waals surface area contributed by atoms with Crippen molar-refractivity contribution in [3.63, 3.8) is 0 Å². The predicted molar refractivity (Wildman–Crippen MR) is 78.5 cm³/mol. The minimum absolute atomic E-state index is 0.0295. The van der Waals surface area contributed by atoms with Gasteiger partial charge in [-0.25, -0.2) is 4.39 Å². The second kappa shape index (κ2) is 5.01. The maximum atomic E-state index is 14.3. The van der Waals surface area contributed by atoms with Crippen molar-refractivity contribution in [3.8, 4) is 0 Å². The highest BCUT2D eigenvalue weighted by atomic mass is 19.1. The molecule has 1 heterocycles. The van der Waals surface area contributed by atoms with Crippen LogP contribution in [0.5, 0.6) is 0 Å². The summed E-state index contributed by atoms with van der Waals surface area (Å²) in [5, 5.41) is 2.74. The van der Waals surface area contributed by atoms with Gasteiger partial charge in [0.05, 0.1) is 17.1 Å². The lowest BCUT2D eigenvalue weighted by atomic mass is 10.1. The highest BCUT2D eigenvalue weighted by Gasteiger charge is 2.27. The Morgan fingerprint density at radius 3 is 2.71 bits per heavy atom. The number of nitrogens with one attached hydrogen (secondary N) is 1. The van der Waals surface area contributed by atoms with E-state index in [-0.39, 0.29) is 29.5 Å². The summed E-state index contributed by atoms with van der Waals surface area (Å²) in [7, 11) is 0. The monoisotopic (exact) mass is 284 g/mol. The van der Waals surface area contributed by atoms with Crippen LogP contribution in [0.1, 0.15) is 17.3 Å². The fourth-order valence-electron chi connectivity index (χ4n) is 2.51. The molecule has 5 heteroatoms. The lowest BCUT2D eigenvalue weighted by Crippen LogP contribution is -2.36. The molecule has 1 N–H and O–H groups in total. The van der Waals surface area contributed by atoms with Gasteiger partial charge in [0, 0.05) is 5.56 Å². The number of hydrogen-bond acceptors (Lipinski definition) is 3. The van der Waals surface area contributed by atoms with Crippen molar-refractivity contribution < 1.29 is 14.0 Å². The summed E-state index contributed by atoms with van der Waals surface area (Å²) in [5.41, 5.74) is 1.68. The van der Waals surface area contributed by atoms with Gasteiger partial charge in [0.2, 0.25) is 5.91 Å². The minimum Gasteiger partial charge on any atom is -0.327 e. The van der Waals surface area contributed by atoms with Crippen LogP contribution in [-0.4, -0.2) is 18.2 Å². The Balaban J connectivity index is 2.22. The Kier molecular flexibility index (Phi) is 3.17. The molecule has 106 valence electrons. The van der Waals surface area contributed by atoms with E-state index in [4.69, 9.17) is 0 Å². The van der Waals surface area contributed by atoms with Crippen molar-refractivity contribution in [1.82, 2.24) is 0 Å². The molecule has 2 aromatic rings. The lowest BCUT2D eigenvalue weighted by molar-refractivity contribution is -0.115. The number of Topliss-reactive ketones (excluding diaryl/α,β-unsaturated/α-hetero) is 1. The van der Waals surface area contributed by atoms with E-state index >= 15 is 0 Å². The predicted octanol–water partition coefficient (Wildman–Crippen LogP) is 3.12. The molecule has 0 atom stereocenters. The number of hydrogen-bond donors (Lipinski definition) is 1. The molecular formula is C16H13FN2O2. The summed E-state index contributed by atoms with van der Waals surface area (Å²) in [6, 6.07) is 11.5. The third-order valence-corrected chi connectivity index (χ3v) is 3.41. The molecule has 1 aliphatic rings. The summed E-state index contributed by atoms with van der Waals surface area (Å²) in [4.78, 5) is 25.1. The number of carbonyl (C=O) groups excluding carboxylic acids is 2. The van der Waals surface area contributed by atoms with Crippen LogP contribution in [0.4, 0.5) is 21.5 Å². The van der Waals surface area contributed by atoms with Gasteiger partial charge in [-0.1, -0.05) is 18.2 Å². The van der Waals surface area contributed by atoms with E-state index in [0.29, 0.717) is 11.4 Å². The Hall–Kier alpha value is -2.69. The first kappa shape index (κ1) is 13.3. The summed E-state index contributed by atoms with van der Waals surface area (Å²) in [5.74, 6) is -1.01. The zero-order chi connectivity index (χ0) is 15.0. The van der Waals surface area contributed by atoms with Crippen molar-refractivity contribution in [3.05, 3.63) is 53.8 Å². The Labute approximate surface area is 121 Å². The van der Waals surface area contributed by atoms with Crippen LogP contribution < -0.4 is 10.2 Å². The Morgan fingerprint density at radius 1 is 1.19 bits per heavy atom. The van der Waals surface area contributed by atoms with Gasteiger partial charge < -0.3 is 10.2 Å². The number of benzene rings is 2. The number of nitrogens with zero attached hydrogens (tertiary/aromatic N) is 1. The number of halogens is 1. The number of anilines is 3. The molecule has 1 aliphatic heterocycles. The zero-order valence-electron chi connectivity index (χ0n) is 11.4. The Morgan fingerprint density at radius 2 is 1.95 bits per heavy atom. The zero-order valence-corrected chi connectivity index (χ0v) is 11.4. The molecule has 0 saturated carbocycles. The SMILES string of the molecule is CC(=O)c1cccc(F)c1N1CC(=O)Nc2ccccc21. The topological polar surface area (TPSA) is 49.4 Å². The third kappa shape index (κ3) is 2.27. The van der Waals surface area contributed by atoms with Crippen LogP contribution >= 0.6 is 0 Å². The van der Waals surface area contributed by atoms with E-state index in [1.807, 2.05) is 0 Å². The molecule has 21 heavy (non-hydrogen) atoms. The van der Waals surface area contributed by atoms with E-state index in [2.05, 4.69) is 5.32 Å². The first-order chi connectivity index (χ1) is 10.1. The molecule has 0 spiro atoms. The van der Waals surface area contributed by atoms with Gasteiger partial charge in [-0.05, 0) is 31.2 Å². The van der Waals surface area contributed by atoms with Gasteiger partial charge in [-0.2, -0.15) is 0 Å². The minimum atomic E-state index is -0.521. The summed E-state index contributed by atoms with van der Waals surface area (Å²) >= 11 is 0. The fourth-order valence-corrected chi connectivity index (χ4v) is 2.51. The van der Waals surface area contributed by atoms with Crippen molar-refractivity contribution in [2.45, 2.75) is 6.92 Å². The molecule has 0 radical (unpaired) electrons. The first-order valence-electron chi connectivity index (χ1n) is 6.54. The molecule has 0 unspecified atom stereocenters. The number of fused-ring (bicyclic) bond motifs is 1. The fraction of sp³-hybridized carbons (Fsp3) is 0.125. The van der Waals surface area contributed by atoms with E-state index in [9.17, 15) is 14.0 Å². The van der Waals surface area contributed by atoms with Crippen molar-refractivity contribution >= 4 is 28.8 Å². The van der Waals surface area contributed by atoms with Crippen molar-refractivity contribution in [2.24, 2.45) is 0 Å². The first-order valence-corrected chi connectivity index (χ1v) is 6.54. The third-order valence-electron chi connectivity index (χ3n) is 3.41. The number of ketones is 1. The van der Waals surface area contributed by atoms with Crippen molar-refractivity contribution in [1.29, 1.82) is 0 Å². The molecule has 3 rings (SSSR count). The van der Waals surface area contributed by atoms with Crippen LogP contribution in [0.25, 0.3) is 0 Å². The lowest BCUT2D eigenvalue weighted by Gasteiger charge is -2.32. The second-order valence-electron chi connectivity index (χ2n) is 4.84. The van der Waals surface area contributed by atoms with Crippen LogP contribution in [0.15, 0.2) is 42.5 Å². The largest absolute Gasteiger partial charge is 0.327 e. The number of rotatable bonds is 2. The number of para-hydroxylation sites is 3. The van der Waals surface area contributed by atoms with Crippen LogP contribution in [0.2, 0.25) is 0 Å². The molecule has 0 aliphatic carbocycles. The average molecular weight is 284 g/mol. The van der Waals surface area contributed by atoms with Gasteiger partial charge >= 0.3 is 0 Å². The Bertz CT molecular complexity index is 743. The molecule has 0 aromatic heterocycles. The summed E-state index contributed by atoms with van der Waals surface area (Å²) in [6.45, 7) is 1.35. The van der Waals surface area contributed by atoms with Gasteiger partial charge in [0.15, 0.2) is 5.78 Å². The highest BCUT2D eigenvalue weighted by molar-refractivity contribution is 6.07. The maximum Gasteiger partial charge on any atom is 0.244 e. The van der Waals surface area contributed by atoms with E-state index in [0.717, 1.165) is 0 Å². The molecule has 0 bridgehead atoms. The number of amides is 1. The van der Waals surface area contributed by atoms with Crippen LogP contribution in [-0.2, 0) is 4.79 Å². The maximum absolute atomic E-state index is 14.3. The quantitative estimate of drug-likeness (QED) is 0.862. The van der Waals surface area contributed by atoms with Gasteiger partial charge in [-0.3, -0.25) is 9.59 Å². The average Bonchev–Trinajstić information content (AvgIpc) is 2.46. The van der Waals surface area contributed by atoms with E-state index in [1.54, 1.807) is 35.2 Å². The van der Waals surface area contributed by atoms with E-state index < -0.39 is 5.82 Å². The van der Waals surface area contributed by atoms with E-state index in [1.165, 1.54) is 19.1 Å². The smallest absolute Gasteiger partial charge is 0.244 e. The molecule has 0 fully saturated rings. The van der Waals surface area contributed by atoms with Gasteiger partial charge in [0.25, 0.3) is 0 Å². The van der Waals surface area contributed by atoms with Crippen LogP contribution in [0, 0.1) is 5.82 Å². The summed E-state index contributed by atoms with van der Waals surface area (Å²) < 4.78 is 14.3. The van der Waals surface area contributed by atoms with Crippen LogP contribution in [0.3, 0.4) is 0 Å². The summed E-state index contributed by atoms with van der Waals surface area (Å²) in [6.07, 6.45) is 0. The molecular weight excluding hydrogens is 271 g/mol. The standard InChI is InChI=1S/C16H13FN2O2/c1-10(20)11-5-4-6-12(17)16(11)19-9-15(21)18-13-7-2-3-8-14(13)19/h2-8H,9H2,1H3,(H,18,21). The van der Waals surface area contributed by atoms with Crippen molar-refractivity contribution in [2.75, 3.05) is 16.8 Å². The molecule has 4 nitrogen and oxygen atoms in total. The molecule has 0 saturated heterocycles. The number of carbonyl (C=O) groups is 2. The van der Waals surface area contributed by atoms with Gasteiger partial charge in [-0.15, -0.1) is 0 Å². The molecule has 1 amide bonds.